The number of aliphatic hydroxyl groups is 5. The van der Waals surface area contributed by atoms with Crippen LogP contribution in [0.15, 0.2) is 109 Å². The van der Waals surface area contributed by atoms with Gasteiger partial charge in [-0.15, -0.1) is 0 Å². The summed E-state index contributed by atoms with van der Waals surface area (Å²) in [6.07, 6.45) is 76.9. The maximum atomic E-state index is 13.5. The fraction of sp³-hybridized carbons (Fsp3) is 0.740. The lowest BCUT2D eigenvalue weighted by atomic mass is 9.99. The van der Waals surface area contributed by atoms with E-state index in [4.69, 9.17) is 14.2 Å². The van der Waals surface area contributed by atoms with Crippen molar-refractivity contribution in [2.24, 2.45) is 0 Å². The second kappa shape index (κ2) is 63.5. The SMILES string of the molecule is CC/C=C\C/C=C\C/C=C\C/C=C\C/C=C\C/C=C\CCCCCCCCCC(O)C(=O)NC(COC1OC(CO)C(O)C(O)C1OC(=O)CCCCCCCCCCCCC/C=C\C/C=C\CCCCC)C(O)/C=C/CCCCCCCCCCCC. The number of ether oxygens (including phenoxy) is 3. The average Bonchev–Trinajstić information content (AvgIpc) is 1.25. The zero-order valence-corrected chi connectivity index (χ0v) is 56.3. The van der Waals surface area contributed by atoms with Gasteiger partial charge in [0.05, 0.1) is 25.4 Å². The van der Waals surface area contributed by atoms with Crippen LogP contribution in [0.5, 0.6) is 0 Å². The molecule has 1 fully saturated rings. The molecular formula is C77H133NO10. The third-order valence-corrected chi connectivity index (χ3v) is 16.4. The number of hydrogen-bond acceptors (Lipinski definition) is 10. The minimum Gasteiger partial charge on any atom is -0.454 e. The highest BCUT2D eigenvalue weighted by Gasteiger charge is 2.47. The average molecular weight is 1230 g/mol. The van der Waals surface area contributed by atoms with E-state index < -0.39 is 67.4 Å². The van der Waals surface area contributed by atoms with Crippen molar-refractivity contribution in [2.75, 3.05) is 13.2 Å². The second-order valence-corrected chi connectivity index (χ2v) is 24.6. The molecule has 1 aliphatic rings. The lowest BCUT2D eigenvalue weighted by Crippen LogP contribution is -2.61. The number of carbonyl (C=O) groups excluding carboxylic acids is 2. The first-order valence-electron chi connectivity index (χ1n) is 36.2. The molecule has 0 aliphatic carbocycles. The lowest BCUT2D eigenvalue weighted by molar-refractivity contribution is -0.305. The van der Waals surface area contributed by atoms with E-state index in [-0.39, 0.29) is 19.4 Å². The van der Waals surface area contributed by atoms with Crippen molar-refractivity contribution >= 4 is 11.9 Å². The summed E-state index contributed by atoms with van der Waals surface area (Å²) in [4.78, 5) is 26.7. The van der Waals surface area contributed by atoms with Crippen LogP contribution in [0.4, 0.5) is 0 Å². The predicted molar refractivity (Wildman–Crippen MR) is 370 cm³/mol. The fourth-order valence-electron chi connectivity index (χ4n) is 10.7. The Hall–Kier alpha value is -3.68. The molecule has 8 unspecified atom stereocenters. The van der Waals surface area contributed by atoms with Crippen LogP contribution < -0.4 is 5.32 Å². The largest absolute Gasteiger partial charge is 0.454 e. The van der Waals surface area contributed by atoms with E-state index in [1.165, 1.54) is 135 Å². The highest BCUT2D eigenvalue weighted by atomic mass is 16.7. The highest BCUT2D eigenvalue weighted by molar-refractivity contribution is 5.80. The van der Waals surface area contributed by atoms with Crippen LogP contribution in [0, 0.1) is 0 Å². The fourth-order valence-corrected chi connectivity index (χ4v) is 10.7. The first kappa shape index (κ1) is 82.3. The molecule has 0 radical (unpaired) electrons. The van der Waals surface area contributed by atoms with Gasteiger partial charge in [-0.05, 0) is 109 Å². The zero-order chi connectivity index (χ0) is 63.9. The number of aliphatic hydroxyl groups excluding tert-OH is 5. The molecule has 1 aliphatic heterocycles. The zero-order valence-electron chi connectivity index (χ0n) is 56.3. The van der Waals surface area contributed by atoms with Gasteiger partial charge >= 0.3 is 5.97 Å². The van der Waals surface area contributed by atoms with Crippen LogP contribution in [-0.4, -0.2) is 99.6 Å². The molecule has 8 atom stereocenters. The molecule has 0 saturated carbocycles. The number of esters is 1. The van der Waals surface area contributed by atoms with Crippen molar-refractivity contribution in [1.29, 1.82) is 0 Å². The predicted octanol–water partition coefficient (Wildman–Crippen LogP) is 18.8. The molecule has 6 N–H and O–H groups in total. The van der Waals surface area contributed by atoms with Gasteiger partial charge in [0, 0.05) is 6.42 Å². The van der Waals surface area contributed by atoms with Gasteiger partial charge in [0.1, 0.15) is 24.4 Å². The van der Waals surface area contributed by atoms with Crippen molar-refractivity contribution in [3.8, 4) is 0 Å². The van der Waals surface area contributed by atoms with Gasteiger partial charge in [-0.2, -0.15) is 0 Å². The molecule has 88 heavy (non-hydrogen) atoms. The first-order valence-corrected chi connectivity index (χ1v) is 36.2. The van der Waals surface area contributed by atoms with Gasteiger partial charge in [-0.3, -0.25) is 9.59 Å². The molecule has 0 aromatic heterocycles. The maximum Gasteiger partial charge on any atom is 0.306 e. The van der Waals surface area contributed by atoms with Crippen molar-refractivity contribution in [1.82, 2.24) is 5.32 Å². The number of unbranched alkanes of at least 4 members (excludes halogenated alkanes) is 31. The summed E-state index contributed by atoms with van der Waals surface area (Å²) in [5, 5.41) is 57.3. The third kappa shape index (κ3) is 50.0. The Morgan fingerprint density at radius 1 is 0.455 bits per heavy atom. The molecule has 506 valence electrons. The molecule has 1 rings (SSSR count). The van der Waals surface area contributed by atoms with E-state index in [9.17, 15) is 35.1 Å². The van der Waals surface area contributed by atoms with E-state index in [0.29, 0.717) is 12.8 Å². The van der Waals surface area contributed by atoms with Crippen LogP contribution in [0.2, 0.25) is 0 Å². The normalized spacial score (nSPS) is 18.8. The molecule has 1 heterocycles. The summed E-state index contributed by atoms with van der Waals surface area (Å²) in [5.41, 5.74) is 0. The molecule has 0 spiro atoms. The Balaban J connectivity index is 2.58. The number of rotatable bonds is 61. The Morgan fingerprint density at radius 3 is 1.25 bits per heavy atom. The Bertz CT molecular complexity index is 1850. The number of allylic oxidation sites excluding steroid dienone is 17. The van der Waals surface area contributed by atoms with Gasteiger partial charge in [0.15, 0.2) is 12.4 Å². The lowest BCUT2D eigenvalue weighted by Gasteiger charge is -2.41. The Labute approximate surface area is 538 Å². The molecule has 11 heteroatoms. The van der Waals surface area contributed by atoms with E-state index in [1.54, 1.807) is 6.08 Å². The smallest absolute Gasteiger partial charge is 0.306 e. The van der Waals surface area contributed by atoms with Gasteiger partial charge in [-0.25, -0.2) is 0 Å². The molecule has 11 nitrogen and oxygen atoms in total. The Morgan fingerprint density at radius 2 is 0.818 bits per heavy atom. The summed E-state index contributed by atoms with van der Waals surface area (Å²) < 4.78 is 17.7. The molecule has 0 aromatic rings. The molecule has 1 saturated heterocycles. The van der Waals surface area contributed by atoms with Gasteiger partial charge < -0.3 is 45.1 Å². The van der Waals surface area contributed by atoms with Gasteiger partial charge in [0.2, 0.25) is 5.91 Å². The molecule has 0 aromatic carbocycles. The van der Waals surface area contributed by atoms with Gasteiger partial charge in [-0.1, -0.05) is 297 Å². The molecule has 1 amide bonds. The van der Waals surface area contributed by atoms with E-state index in [1.807, 2.05) is 6.08 Å². The van der Waals surface area contributed by atoms with Crippen LogP contribution in [0.3, 0.4) is 0 Å². The number of amides is 1. The van der Waals surface area contributed by atoms with Crippen molar-refractivity contribution in [2.45, 2.75) is 352 Å². The van der Waals surface area contributed by atoms with Crippen molar-refractivity contribution < 1.29 is 49.3 Å². The van der Waals surface area contributed by atoms with Crippen molar-refractivity contribution in [3.63, 3.8) is 0 Å². The van der Waals surface area contributed by atoms with Crippen LogP contribution in [-0.2, 0) is 23.8 Å². The summed E-state index contributed by atoms with van der Waals surface area (Å²) >= 11 is 0. The topological polar surface area (TPSA) is 175 Å². The number of hydrogen-bond donors (Lipinski definition) is 6. The van der Waals surface area contributed by atoms with Crippen molar-refractivity contribution in [3.05, 3.63) is 109 Å². The standard InChI is InChI=1S/C77H133NO10/c1-4-7-10-13-16-19-22-25-27-29-31-33-34-35-36-37-39-40-42-44-46-49-52-55-58-61-64-70(81)76(85)78-68(69(80)63-60-57-54-51-48-24-21-18-15-12-9-6-3)67-86-77-75(74(84)73(83)71(66-79)87-77)88-72(82)65-62-59-56-53-50-47-45-43-41-38-32-30-28-26-23-20-17-14-11-8-5-2/h7,10,16-17,19-20,25-28,31,33,35-36,39-40,60,63,68-71,73-75,77,79-81,83-84H,4-6,8-9,11-15,18,21-24,29-30,32,34,37-38,41-59,61-62,64-67H2,1-3H3,(H,78,85)/b10-7-,19-16-,20-17-,27-25-,28-26-,33-31-,36-35-,40-39-,63-60+. The van der Waals surface area contributed by atoms with E-state index in [0.717, 1.165) is 122 Å². The molecule has 0 bridgehead atoms. The number of nitrogens with one attached hydrogen (secondary N) is 1. The summed E-state index contributed by atoms with van der Waals surface area (Å²) in [5.74, 6) is -1.20. The first-order chi connectivity index (χ1) is 43.2. The summed E-state index contributed by atoms with van der Waals surface area (Å²) in [6, 6.07) is -1.04. The quantitative estimate of drug-likeness (QED) is 0.0195. The monoisotopic (exact) mass is 1230 g/mol. The second-order valence-electron chi connectivity index (χ2n) is 24.6. The van der Waals surface area contributed by atoms with Crippen LogP contribution in [0.1, 0.15) is 303 Å². The minimum atomic E-state index is -1.62. The van der Waals surface area contributed by atoms with E-state index >= 15 is 0 Å². The van der Waals surface area contributed by atoms with Crippen LogP contribution in [0.25, 0.3) is 0 Å². The summed E-state index contributed by atoms with van der Waals surface area (Å²) in [6.45, 7) is 5.67. The number of carbonyl (C=O) groups is 2. The van der Waals surface area contributed by atoms with E-state index in [2.05, 4.69) is 123 Å². The van der Waals surface area contributed by atoms with Crippen LogP contribution >= 0.6 is 0 Å². The van der Waals surface area contributed by atoms with Gasteiger partial charge in [0.25, 0.3) is 0 Å². The summed E-state index contributed by atoms with van der Waals surface area (Å²) in [7, 11) is 0. The molecular weight excluding hydrogens is 1100 g/mol. The maximum absolute atomic E-state index is 13.5. The highest BCUT2D eigenvalue weighted by Crippen LogP contribution is 2.26. The Kier molecular flexibility index (Phi) is 59.4. The third-order valence-electron chi connectivity index (χ3n) is 16.4. The minimum absolute atomic E-state index is 0.116.